The third kappa shape index (κ3) is 3.74. The molecule has 0 bridgehead atoms. The van der Waals surface area contributed by atoms with Crippen LogP contribution >= 0.6 is 11.6 Å². The second kappa shape index (κ2) is 6.43. The van der Waals surface area contributed by atoms with E-state index < -0.39 is 0 Å². The van der Waals surface area contributed by atoms with E-state index in [4.69, 9.17) is 16.0 Å². The summed E-state index contributed by atoms with van der Waals surface area (Å²) < 4.78 is 5.39. The van der Waals surface area contributed by atoms with E-state index in [0.717, 1.165) is 5.76 Å². The molecule has 2 heterocycles. The van der Waals surface area contributed by atoms with E-state index in [1.807, 2.05) is 26.0 Å². The summed E-state index contributed by atoms with van der Waals surface area (Å²) in [4.78, 5) is 16.1. The van der Waals surface area contributed by atoms with Crippen molar-refractivity contribution in [3.05, 3.63) is 46.5 Å². The molecule has 2 aromatic rings. The zero-order valence-corrected chi connectivity index (χ0v) is 12.1. The van der Waals surface area contributed by atoms with Crippen molar-refractivity contribution in [3.8, 4) is 0 Å². The van der Waals surface area contributed by atoms with Gasteiger partial charge in [-0.1, -0.05) is 11.6 Å². The Morgan fingerprint density at radius 1 is 1.40 bits per heavy atom. The van der Waals surface area contributed by atoms with Crippen LogP contribution in [-0.4, -0.2) is 17.4 Å². The smallest absolute Gasteiger partial charge is 0.251 e. The number of nitrogens with one attached hydrogen (secondary N) is 2. The van der Waals surface area contributed by atoms with Gasteiger partial charge in [0.1, 0.15) is 22.5 Å². The number of hydrogen-bond donors (Lipinski definition) is 2. The van der Waals surface area contributed by atoms with E-state index in [0.29, 0.717) is 30.2 Å². The van der Waals surface area contributed by atoms with Crippen LogP contribution in [-0.2, 0) is 6.54 Å². The minimum atomic E-state index is -0.220. The van der Waals surface area contributed by atoms with Gasteiger partial charge in [-0.2, -0.15) is 0 Å². The summed E-state index contributed by atoms with van der Waals surface area (Å²) in [5, 5.41) is 6.08. The van der Waals surface area contributed by atoms with Gasteiger partial charge in [0.2, 0.25) is 0 Å². The standard InChI is InChI=1S/C14H16ClN3O2/c1-3-16-13-7-10(6-12(15)18-13)14(19)17-8-11-5-4-9(2)20-11/h4-7H,3,8H2,1-2H3,(H,16,18)(H,17,19). The molecule has 0 aliphatic rings. The van der Waals surface area contributed by atoms with Crippen LogP contribution in [0.25, 0.3) is 0 Å². The van der Waals surface area contributed by atoms with Crippen LogP contribution in [0, 0.1) is 6.92 Å². The van der Waals surface area contributed by atoms with Crippen molar-refractivity contribution in [2.24, 2.45) is 0 Å². The summed E-state index contributed by atoms with van der Waals surface area (Å²) >= 11 is 5.90. The summed E-state index contributed by atoms with van der Waals surface area (Å²) in [7, 11) is 0. The predicted octanol–water partition coefficient (Wildman–Crippen LogP) is 3.00. The maximum absolute atomic E-state index is 12.1. The number of pyridine rings is 1. The van der Waals surface area contributed by atoms with Crippen LogP contribution in [0.5, 0.6) is 0 Å². The number of hydrogen-bond acceptors (Lipinski definition) is 4. The Labute approximate surface area is 122 Å². The number of carbonyl (C=O) groups is 1. The van der Waals surface area contributed by atoms with E-state index in [1.54, 1.807) is 6.07 Å². The number of aryl methyl sites for hydroxylation is 1. The second-order valence-electron chi connectivity index (χ2n) is 4.29. The second-order valence-corrected chi connectivity index (χ2v) is 4.68. The number of anilines is 1. The maximum atomic E-state index is 12.1. The molecule has 0 atom stereocenters. The Morgan fingerprint density at radius 2 is 2.20 bits per heavy atom. The van der Waals surface area contributed by atoms with Crippen molar-refractivity contribution < 1.29 is 9.21 Å². The van der Waals surface area contributed by atoms with Gasteiger partial charge in [-0.25, -0.2) is 4.98 Å². The fourth-order valence-corrected chi connectivity index (χ4v) is 1.96. The maximum Gasteiger partial charge on any atom is 0.251 e. The number of halogens is 1. The average molecular weight is 294 g/mol. The SMILES string of the molecule is CCNc1cc(C(=O)NCc2ccc(C)o2)cc(Cl)n1. The third-order valence-electron chi connectivity index (χ3n) is 2.63. The van der Waals surface area contributed by atoms with Crippen LogP contribution in [0.15, 0.2) is 28.7 Å². The van der Waals surface area contributed by atoms with E-state index >= 15 is 0 Å². The summed E-state index contributed by atoms with van der Waals surface area (Å²) in [5.74, 6) is 1.89. The Kier molecular flexibility index (Phi) is 4.63. The lowest BCUT2D eigenvalue weighted by atomic mass is 10.2. The topological polar surface area (TPSA) is 67.2 Å². The number of nitrogens with zero attached hydrogens (tertiary/aromatic N) is 1. The molecule has 0 aromatic carbocycles. The number of rotatable bonds is 5. The highest BCUT2D eigenvalue weighted by atomic mass is 35.5. The Bertz CT molecular complexity index is 610. The first-order valence-corrected chi connectivity index (χ1v) is 6.71. The molecule has 0 saturated heterocycles. The van der Waals surface area contributed by atoms with Gasteiger partial charge in [-0.3, -0.25) is 4.79 Å². The molecule has 0 spiro atoms. The molecule has 2 rings (SSSR count). The number of carbonyl (C=O) groups excluding carboxylic acids is 1. The molecule has 106 valence electrons. The van der Waals surface area contributed by atoms with Crippen molar-refractivity contribution in [1.82, 2.24) is 10.3 Å². The molecular weight excluding hydrogens is 278 g/mol. The molecule has 0 fully saturated rings. The number of aromatic nitrogens is 1. The summed E-state index contributed by atoms with van der Waals surface area (Å²) in [5.41, 5.74) is 0.462. The normalized spacial score (nSPS) is 10.3. The van der Waals surface area contributed by atoms with Crippen LogP contribution < -0.4 is 10.6 Å². The molecule has 5 nitrogen and oxygen atoms in total. The van der Waals surface area contributed by atoms with Crippen molar-refractivity contribution in [2.45, 2.75) is 20.4 Å². The minimum Gasteiger partial charge on any atom is -0.465 e. The zero-order valence-electron chi connectivity index (χ0n) is 11.4. The van der Waals surface area contributed by atoms with Gasteiger partial charge < -0.3 is 15.1 Å². The van der Waals surface area contributed by atoms with Crippen LogP contribution in [0.2, 0.25) is 5.15 Å². The summed E-state index contributed by atoms with van der Waals surface area (Å²) in [6, 6.07) is 6.89. The molecule has 1 amide bonds. The Hall–Kier alpha value is -2.01. The van der Waals surface area contributed by atoms with Gasteiger partial charge >= 0.3 is 0 Å². The molecule has 0 radical (unpaired) electrons. The molecule has 2 N–H and O–H groups in total. The molecule has 0 saturated carbocycles. The van der Waals surface area contributed by atoms with Crippen molar-refractivity contribution in [3.63, 3.8) is 0 Å². The van der Waals surface area contributed by atoms with Gasteiger partial charge in [0.05, 0.1) is 6.54 Å². The highest BCUT2D eigenvalue weighted by molar-refractivity contribution is 6.29. The van der Waals surface area contributed by atoms with Crippen LogP contribution in [0.3, 0.4) is 0 Å². The quantitative estimate of drug-likeness (QED) is 0.832. The predicted molar refractivity (Wildman–Crippen MR) is 78.0 cm³/mol. The molecule has 0 unspecified atom stereocenters. The van der Waals surface area contributed by atoms with Crippen LogP contribution in [0.1, 0.15) is 28.8 Å². The Morgan fingerprint density at radius 3 is 2.85 bits per heavy atom. The summed E-state index contributed by atoms with van der Waals surface area (Å²) in [6.07, 6.45) is 0. The first-order valence-electron chi connectivity index (χ1n) is 6.33. The first-order chi connectivity index (χ1) is 9.58. The Balaban J connectivity index is 2.04. The van der Waals surface area contributed by atoms with Gasteiger partial charge in [0.15, 0.2) is 0 Å². The van der Waals surface area contributed by atoms with Gasteiger partial charge in [-0.15, -0.1) is 0 Å². The fourth-order valence-electron chi connectivity index (χ4n) is 1.75. The lowest BCUT2D eigenvalue weighted by molar-refractivity contribution is 0.0948. The summed E-state index contributed by atoms with van der Waals surface area (Å²) in [6.45, 7) is 4.85. The highest BCUT2D eigenvalue weighted by Crippen LogP contribution is 2.15. The van der Waals surface area contributed by atoms with Crippen molar-refractivity contribution in [2.75, 3.05) is 11.9 Å². The number of furan rings is 1. The molecule has 2 aromatic heterocycles. The monoisotopic (exact) mass is 293 g/mol. The van der Waals surface area contributed by atoms with Crippen molar-refractivity contribution >= 4 is 23.3 Å². The molecule has 20 heavy (non-hydrogen) atoms. The zero-order chi connectivity index (χ0) is 14.5. The van der Waals surface area contributed by atoms with Gasteiger partial charge in [-0.05, 0) is 38.1 Å². The van der Waals surface area contributed by atoms with Gasteiger partial charge in [0.25, 0.3) is 5.91 Å². The third-order valence-corrected chi connectivity index (χ3v) is 2.83. The van der Waals surface area contributed by atoms with E-state index in [-0.39, 0.29) is 11.1 Å². The highest BCUT2D eigenvalue weighted by Gasteiger charge is 2.10. The van der Waals surface area contributed by atoms with E-state index in [2.05, 4.69) is 15.6 Å². The largest absolute Gasteiger partial charge is 0.465 e. The number of amides is 1. The minimum absolute atomic E-state index is 0.220. The van der Waals surface area contributed by atoms with Gasteiger partial charge in [0, 0.05) is 12.1 Å². The van der Waals surface area contributed by atoms with Crippen molar-refractivity contribution in [1.29, 1.82) is 0 Å². The lowest BCUT2D eigenvalue weighted by Crippen LogP contribution is -2.22. The molecule has 6 heteroatoms. The average Bonchev–Trinajstić information content (AvgIpc) is 2.81. The fraction of sp³-hybridized carbons (Fsp3) is 0.286. The van der Waals surface area contributed by atoms with E-state index in [1.165, 1.54) is 6.07 Å². The molecular formula is C14H16ClN3O2. The molecule has 0 aliphatic carbocycles. The van der Waals surface area contributed by atoms with E-state index in [9.17, 15) is 4.79 Å². The first kappa shape index (κ1) is 14.4. The lowest BCUT2D eigenvalue weighted by Gasteiger charge is -2.07. The van der Waals surface area contributed by atoms with Crippen LogP contribution in [0.4, 0.5) is 5.82 Å². The molecule has 0 aliphatic heterocycles.